The van der Waals surface area contributed by atoms with Crippen LogP contribution in [-0.2, 0) is 9.84 Å². The Morgan fingerprint density at radius 1 is 1.44 bits per heavy atom. The third kappa shape index (κ3) is 3.36. The Bertz CT molecular complexity index is 466. The summed E-state index contributed by atoms with van der Waals surface area (Å²) in [7, 11) is -2.91. The Morgan fingerprint density at radius 3 is 2.83 bits per heavy atom. The summed E-state index contributed by atoms with van der Waals surface area (Å²) in [6.07, 6.45) is 6.52. The van der Waals surface area contributed by atoms with Gasteiger partial charge in [-0.1, -0.05) is 6.42 Å². The van der Waals surface area contributed by atoms with Crippen molar-refractivity contribution < 1.29 is 12.8 Å². The van der Waals surface area contributed by atoms with Gasteiger partial charge in [-0.3, -0.25) is 0 Å². The van der Waals surface area contributed by atoms with Crippen LogP contribution in [0.1, 0.15) is 44.4 Å². The zero-order chi connectivity index (χ0) is 13.2. The van der Waals surface area contributed by atoms with Crippen molar-refractivity contribution in [3.8, 4) is 0 Å². The molecule has 1 saturated carbocycles. The number of nitrogens with one attached hydrogen (secondary N) is 1. The van der Waals surface area contributed by atoms with Crippen molar-refractivity contribution in [3.63, 3.8) is 0 Å². The summed E-state index contributed by atoms with van der Waals surface area (Å²) in [5.74, 6) is 0.900. The highest BCUT2D eigenvalue weighted by molar-refractivity contribution is 7.91. The minimum atomic E-state index is -2.91. The fraction of sp³-hybridized carbons (Fsp3) is 0.692. The molecule has 0 aromatic carbocycles. The molecule has 0 amide bonds. The highest BCUT2D eigenvalue weighted by atomic mass is 32.2. The van der Waals surface area contributed by atoms with E-state index in [4.69, 9.17) is 4.42 Å². The van der Waals surface area contributed by atoms with E-state index in [9.17, 15) is 8.42 Å². The van der Waals surface area contributed by atoms with Crippen LogP contribution >= 0.6 is 0 Å². The number of furan rings is 1. The van der Waals surface area contributed by atoms with Crippen molar-refractivity contribution in [2.75, 3.05) is 6.26 Å². The van der Waals surface area contributed by atoms with Gasteiger partial charge in [0.25, 0.3) is 0 Å². The summed E-state index contributed by atoms with van der Waals surface area (Å²) in [5.41, 5.74) is 0. The Morgan fingerprint density at radius 2 is 2.22 bits per heavy atom. The van der Waals surface area contributed by atoms with Gasteiger partial charge >= 0.3 is 0 Å². The van der Waals surface area contributed by atoms with E-state index < -0.39 is 9.84 Å². The van der Waals surface area contributed by atoms with Gasteiger partial charge in [-0.15, -0.1) is 0 Å². The summed E-state index contributed by atoms with van der Waals surface area (Å²) >= 11 is 0. The predicted molar refractivity (Wildman–Crippen MR) is 71.1 cm³/mol. The van der Waals surface area contributed by atoms with Crippen LogP contribution < -0.4 is 5.32 Å². The standard InChI is InChI=1S/C13H21NO3S/c1-10(13-7-4-8-17-13)14-11-5-3-6-12(9-11)18(2,15)16/h4,7-8,10-12,14H,3,5-6,9H2,1-2H3. The summed E-state index contributed by atoms with van der Waals surface area (Å²) in [6.45, 7) is 2.04. The SMILES string of the molecule is CC(NC1CCCC(S(C)(=O)=O)C1)c1ccco1. The highest BCUT2D eigenvalue weighted by Crippen LogP contribution is 2.26. The molecule has 0 radical (unpaired) electrons. The van der Waals surface area contributed by atoms with Crippen LogP contribution in [0.5, 0.6) is 0 Å². The van der Waals surface area contributed by atoms with Gasteiger partial charge in [-0.25, -0.2) is 8.42 Å². The minimum absolute atomic E-state index is 0.128. The minimum Gasteiger partial charge on any atom is -0.468 e. The van der Waals surface area contributed by atoms with Gasteiger partial charge in [0.05, 0.1) is 17.6 Å². The molecule has 1 heterocycles. The smallest absolute Gasteiger partial charge is 0.150 e. The fourth-order valence-corrected chi connectivity index (χ4v) is 3.84. The van der Waals surface area contributed by atoms with E-state index in [-0.39, 0.29) is 17.3 Å². The Kier molecular flexibility index (Phi) is 4.12. The van der Waals surface area contributed by atoms with Crippen molar-refractivity contribution in [3.05, 3.63) is 24.2 Å². The monoisotopic (exact) mass is 271 g/mol. The van der Waals surface area contributed by atoms with Crippen LogP contribution in [0.25, 0.3) is 0 Å². The maximum absolute atomic E-state index is 11.6. The maximum Gasteiger partial charge on any atom is 0.150 e. The van der Waals surface area contributed by atoms with Crippen LogP contribution in [0, 0.1) is 0 Å². The zero-order valence-corrected chi connectivity index (χ0v) is 11.7. The molecule has 1 aliphatic carbocycles. The molecule has 0 saturated heterocycles. The molecule has 0 aliphatic heterocycles. The van der Waals surface area contributed by atoms with Gasteiger partial charge < -0.3 is 9.73 Å². The lowest BCUT2D eigenvalue weighted by atomic mass is 9.94. The summed E-state index contributed by atoms with van der Waals surface area (Å²) in [6, 6.07) is 4.20. The topological polar surface area (TPSA) is 59.3 Å². The first-order valence-electron chi connectivity index (χ1n) is 6.45. The molecule has 3 unspecified atom stereocenters. The molecule has 1 aliphatic rings. The number of rotatable bonds is 4. The van der Waals surface area contributed by atoms with E-state index in [0.29, 0.717) is 6.42 Å². The molecular weight excluding hydrogens is 250 g/mol. The average Bonchev–Trinajstić information content (AvgIpc) is 2.81. The normalized spacial score (nSPS) is 27.0. The van der Waals surface area contributed by atoms with Crippen molar-refractivity contribution in [1.82, 2.24) is 5.32 Å². The third-order valence-electron chi connectivity index (χ3n) is 3.69. The molecule has 18 heavy (non-hydrogen) atoms. The molecule has 0 bridgehead atoms. The molecule has 1 aromatic heterocycles. The van der Waals surface area contributed by atoms with Crippen molar-refractivity contribution in [2.45, 2.75) is 49.9 Å². The van der Waals surface area contributed by atoms with Crippen molar-refractivity contribution >= 4 is 9.84 Å². The van der Waals surface area contributed by atoms with E-state index in [1.54, 1.807) is 6.26 Å². The van der Waals surface area contributed by atoms with Gasteiger partial charge in [0.1, 0.15) is 15.6 Å². The molecule has 1 fully saturated rings. The van der Waals surface area contributed by atoms with Crippen molar-refractivity contribution in [1.29, 1.82) is 0 Å². The van der Waals surface area contributed by atoms with Gasteiger partial charge in [0, 0.05) is 12.3 Å². The second-order valence-electron chi connectivity index (χ2n) is 5.22. The number of hydrogen-bond donors (Lipinski definition) is 1. The fourth-order valence-electron chi connectivity index (χ4n) is 2.66. The molecular formula is C13H21NO3S. The van der Waals surface area contributed by atoms with E-state index in [1.165, 1.54) is 6.26 Å². The molecule has 1 N–H and O–H groups in total. The van der Waals surface area contributed by atoms with E-state index >= 15 is 0 Å². The zero-order valence-electron chi connectivity index (χ0n) is 10.9. The van der Waals surface area contributed by atoms with E-state index in [0.717, 1.165) is 25.0 Å². The summed E-state index contributed by atoms with van der Waals surface area (Å²) in [5, 5.41) is 3.28. The Hall–Kier alpha value is -0.810. The molecule has 4 nitrogen and oxygen atoms in total. The molecule has 3 atom stereocenters. The largest absolute Gasteiger partial charge is 0.468 e. The first-order valence-corrected chi connectivity index (χ1v) is 8.40. The second-order valence-corrected chi connectivity index (χ2v) is 7.54. The van der Waals surface area contributed by atoms with Gasteiger partial charge in [0.15, 0.2) is 0 Å². The van der Waals surface area contributed by atoms with Gasteiger partial charge in [-0.05, 0) is 38.3 Å². The number of sulfone groups is 1. The molecule has 5 heteroatoms. The van der Waals surface area contributed by atoms with E-state index in [1.807, 2.05) is 19.1 Å². The lowest BCUT2D eigenvalue weighted by Crippen LogP contribution is -2.39. The summed E-state index contributed by atoms with van der Waals surface area (Å²) in [4.78, 5) is 0. The Labute approximate surface area is 109 Å². The third-order valence-corrected chi connectivity index (χ3v) is 5.33. The van der Waals surface area contributed by atoms with Crippen LogP contribution in [0.3, 0.4) is 0 Å². The molecule has 102 valence electrons. The van der Waals surface area contributed by atoms with Gasteiger partial charge in [-0.2, -0.15) is 0 Å². The average molecular weight is 271 g/mol. The predicted octanol–water partition coefficient (Wildman–Crippen LogP) is 2.29. The molecule has 1 aromatic rings. The first-order chi connectivity index (χ1) is 8.47. The lowest BCUT2D eigenvalue weighted by molar-refractivity contribution is 0.323. The second kappa shape index (κ2) is 5.45. The van der Waals surface area contributed by atoms with Crippen LogP contribution in [0.15, 0.2) is 22.8 Å². The Balaban J connectivity index is 1.94. The van der Waals surface area contributed by atoms with Crippen LogP contribution in [-0.4, -0.2) is 26.0 Å². The molecule has 0 spiro atoms. The maximum atomic E-state index is 11.6. The van der Waals surface area contributed by atoms with Crippen LogP contribution in [0.2, 0.25) is 0 Å². The van der Waals surface area contributed by atoms with Gasteiger partial charge in [0.2, 0.25) is 0 Å². The quantitative estimate of drug-likeness (QED) is 0.912. The van der Waals surface area contributed by atoms with Crippen molar-refractivity contribution in [2.24, 2.45) is 0 Å². The number of hydrogen-bond acceptors (Lipinski definition) is 4. The highest BCUT2D eigenvalue weighted by Gasteiger charge is 2.29. The molecule has 2 rings (SSSR count). The van der Waals surface area contributed by atoms with Crippen LogP contribution in [0.4, 0.5) is 0 Å². The van der Waals surface area contributed by atoms with E-state index in [2.05, 4.69) is 5.32 Å². The first kappa shape index (κ1) is 13.6. The lowest BCUT2D eigenvalue weighted by Gasteiger charge is -2.30. The summed E-state index contributed by atoms with van der Waals surface area (Å²) < 4.78 is 28.6.